The molecule has 20 heteroatoms. The zero-order chi connectivity index (χ0) is 79.0. The van der Waals surface area contributed by atoms with Gasteiger partial charge in [-0.2, -0.15) is 0 Å². The largest absolute Gasteiger partial charge is 0.349 e. The van der Waals surface area contributed by atoms with Crippen molar-refractivity contribution in [3.63, 3.8) is 0 Å². The van der Waals surface area contributed by atoms with Gasteiger partial charge in [0.15, 0.2) is 0 Å². The molecule has 1 fully saturated rings. The predicted molar refractivity (Wildman–Crippen MR) is 457 cm³/mol. The van der Waals surface area contributed by atoms with Gasteiger partial charge in [0, 0.05) is 117 Å². The molecule has 20 nitrogen and oxygen atoms in total. The number of carbonyl (C=O) groups excluding carboxylic acids is 4. The minimum atomic E-state index is -0.146. The van der Waals surface area contributed by atoms with E-state index in [4.69, 9.17) is 0 Å². The molecule has 568 valence electrons. The van der Waals surface area contributed by atoms with Crippen molar-refractivity contribution in [3.8, 4) is 45.0 Å². The third kappa shape index (κ3) is 23.7. The van der Waals surface area contributed by atoms with Crippen molar-refractivity contribution in [3.05, 3.63) is 391 Å². The summed E-state index contributed by atoms with van der Waals surface area (Å²) in [6.07, 6.45) is 12.8. The van der Waals surface area contributed by atoms with E-state index < -0.39 is 0 Å². The number of carbonyl (C=O) groups is 4. The van der Waals surface area contributed by atoms with Crippen LogP contribution in [-0.2, 0) is 13.1 Å². The first-order valence-electron chi connectivity index (χ1n) is 37.9. The molecule has 1 aliphatic carbocycles. The smallest absolute Gasteiger partial charge is 0.255 e. The van der Waals surface area contributed by atoms with E-state index in [2.05, 4.69) is 82.4 Å². The van der Waals surface area contributed by atoms with Crippen LogP contribution in [0.4, 0.5) is 52.2 Å². The number of hydrogen-bond acceptors (Lipinski definition) is 16. The van der Waals surface area contributed by atoms with E-state index in [-0.39, 0.29) is 23.6 Å². The van der Waals surface area contributed by atoms with Crippen molar-refractivity contribution in [2.75, 3.05) is 26.6 Å². The Morgan fingerprint density at radius 2 is 0.609 bits per heavy atom. The quantitative estimate of drug-likeness (QED) is 0.0313. The molecule has 4 amide bonds. The Bertz CT molecular complexity index is 5590. The molecule has 0 saturated heterocycles. The molecule has 11 aromatic carbocycles. The number of para-hydroxylation sites is 5. The number of nitrogens with one attached hydrogen (secondary N) is 8. The molecule has 0 radical (unpaired) electrons. The molecule has 0 atom stereocenters. The fourth-order valence-electron chi connectivity index (χ4n) is 12.3. The van der Waals surface area contributed by atoms with Crippen molar-refractivity contribution in [2.45, 2.75) is 58.2 Å². The summed E-state index contributed by atoms with van der Waals surface area (Å²) in [4.78, 5) is 85.2. The van der Waals surface area contributed by atoms with E-state index >= 15 is 0 Å². The van der Waals surface area contributed by atoms with Crippen LogP contribution in [0.3, 0.4) is 0 Å². The fourth-order valence-corrected chi connectivity index (χ4v) is 12.3. The molecule has 15 aromatic rings. The molecule has 0 bridgehead atoms. The molecule has 115 heavy (non-hydrogen) atoms. The lowest BCUT2D eigenvalue weighted by molar-refractivity contribution is 0.0923. The average molecular weight is 1510 g/mol. The van der Waals surface area contributed by atoms with Crippen LogP contribution < -0.4 is 42.5 Å². The second-order valence-corrected chi connectivity index (χ2v) is 26.8. The number of benzene rings is 11. The van der Waals surface area contributed by atoms with Crippen molar-refractivity contribution in [1.29, 1.82) is 0 Å². The SMILES string of the molecule is Cc1cnc(Nc2ccccc2)nc1-c1ccc(C(=O)NCc2ccccc2)cc1.O=C(NC1CCCCC1)c1ccc(-c2ccnc(Nc3ccccc3)n2)cc1.O=C(NCc1ccccc1)c1ccc(-c2ccnc(Nc3ccccc3)n2)cc1.O=C(Nc1ccccc1)c1ccc(-c2ccnc(Nc3ccccc3)n2)cc1. The van der Waals surface area contributed by atoms with Crippen molar-refractivity contribution < 1.29 is 19.2 Å². The zero-order valence-corrected chi connectivity index (χ0v) is 63.2. The number of hydrogen-bond donors (Lipinski definition) is 8. The maximum atomic E-state index is 12.5. The summed E-state index contributed by atoms with van der Waals surface area (Å²) in [5.74, 6) is 1.78. The van der Waals surface area contributed by atoms with E-state index in [1.165, 1.54) is 19.3 Å². The fraction of sp³-hybridized carbons (Fsp3) is 0.0947. The lowest BCUT2D eigenvalue weighted by Gasteiger charge is -2.22. The highest BCUT2D eigenvalue weighted by Gasteiger charge is 2.18. The molecular formula is C95H84N16O4. The van der Waals surface area contributed by atoms with Crippen molar-refractivity contribution in [1.82, 2.24) is 55.8 Å². The van der Waals surface area contributed by atoms with Crippen LogP contribution in [0.15, 0.2) is 352 Å². The average Bonchev–Trinajstić information content (AvgIpc) is 0.833. The van der Waals surface area contributed by atoms with Crippen LogP contribution in [0, 0.1) is 6.92 Å². The third-order valence-corrected chi connectivity index (χ3v) is 18.4. The summed E-state index contributed by atoms with van der Waals surface area (Å²) < 4.78 is 0. The van der Waals surface area contributed by atoms with E-state index in [1.54, 1.807) is 36.9 Å². The van der Waals surface area contributed by atoms with Gasteiger partial charge in [-0.1, -0.05) is 219 Å². The Kier molecular flexibility index (Phi) is 27.4. The maximum Gasteiger partial charge on any atom is 0.255 e. The highest BCUT2D eigenvalue weighted by molar-refractivity contribution is 6.04. The van der Waals surface area contributed by atoms with Crippen molar-refractivity contribution in [2.24, 2.45) is 0 Å². The Hall–Kier alpha value is -15.2. The molecule has 8 N–H and O–H groups in total. The molecule has 1 saturated carbocycles. The first-order valence-corrected chi connectivity index (χ1v) is 37.9. The predicted octanol–water partition coefficient (Wildman–Crippen LogP) is 20.0. The first-order chi connectivity index (χ1) is 56.5. The molecule has 0 aliphatic heterocycles. The van der Waals surface area contributed by atoms with Crippen molar-refractivity contribution >= 4 is 75.9 Å². The zero-order valence-electron chi connectivity index (χ0n) is 63.2. The van der Waals surface area contributed by atoms with Gasteiger partial charge < -0.3 is 42.5 Å². The maximum absolute atomic E-state index is 12.5. The lowest BCUT2D eigenvalue weighted by Crippen LogP contribution is -2.36. The van der Waals surface area contributed by atoms with Gasteiger partial charge >= 0.3 is 0 Å². The minimum absolute atomic E-state index is 0.00701. The van der Waals surface area contributed by atoms with Crippen LogP contribution in [0.25, 0.3) is 45.0 Å². The number of aryl methyl sites for hydroxylation is 1. The van der Waals surface area contributed by atoms with Gasteiger partial charge in [0.1, 0.15) is 0 Å². The number of aromatic nitrogens is 8. The molecule has 0 spiro atoms. The molecule has 0 unspecified atom stereocenters. The monoisotopic (exact) mass is 1510 g/mol. The normalized spacial score (nSPS) is 11.3. The number of rotatable bonds is 22. The molecule has 16 rings (SSSR count). The van der Waals surface area contributed by atoms with E-state index in [0.717, 1.165) is 103 Å². The van der Waals surface area contributed by atoms with Gasteiger partial charge in [0.25, 0.3) is 23.6 Å². The Morgan fingerprint density at radius 1 is 0.304 bits per heavy atom. The second-order valence-electron chi connectivity index (χ2n) is 26.8. The van der Waals surface area contributed by atoms with Gasteiger partial charge in [-0.25, -0.2) is 39.9 Å². The minimum Gasteiger partial charge on any atom is -0.349 e. The molecule has 1 aliphatic rings. The van der Waals surface area contributed by atoms with E-state index in [9.17, 15) is 19.2 Å². The van der Waals surface area contributed by atoms with Gasteiger partial charge in [-0.15, -0.1) is 0 Å². The molecular weight excluding hydrogens is 1430 g/mol. The molecule has 4 aromatic heterocycles. The van der Waals surface area contributed by atoms with Crippen LogP contribution in [0.2, 0.25) is 0 Å². The van der Waals surface area contributed by atoms with Crippen LogP contribution in [0.5, 0.6) is 0 Å². The van der Waals surface area contributed by atoms with Gasteiger partial charge in [0.05, 0.1) is 22.8 Å². The first kappa shape index (κ1) is 78.0. The topological polar surface area (TPSA) is 268 Å². The Morgan fingerprint density at radius 3 is 0.965 bits per heavy atom. The highest BCUT2D eigenvalue weighted by Crippen LogP contribution is 2.28. The summed E-state index contributed by atoms with van der Waals surface area (Å²) in [7, 11) is 0. The lowest BCUT2D eigenvalue weighted by atomic mass is 9.95. The number of anilines is 9. The third-order valence-electron chi connectivity index (χ3n) is 18.4. The van der Waals surface area contributed by atoms with Gasteiger partial charge in [-0.05, 0) is 164 Å². The second kappa shape index (κ2) is 40.5. The van der Waals surface area contributed by atoms with Crippen LogP contribution in [-0.4, -0.2) is 69.5 Å². The summed E-state index contributed by atoms with van der Waals surface area (Å²) in [5.41, 5.74) is 17.0. The molecule has 4 heterocycles. The van der Waals surface area contributed by atoms with Crippen LogP contribution in [0.1, 0.15) is 90.2 Å². The summed E-state index contributed by atoms with van der Waals surface area (Å²) >= 11 is 0. The van der Waals surface area contributed by atoms with E-state index in [1.807, 2.05) is 322 Å². The number of amides is 4. The number of nitrogens with zero attached hydrogens (tertiary/aromatic N) is 8. The van der Waals surface area contributed by atoms with E-state index in [0.29, 0.717) is 65.2 Å². The Balaban J connectivity index is 0.000000134. The summed E-state index contributed by atoms with van der Waals surface area (Å²) in [6, 6.07) is 104. The Labute approximate surface area is 668 Å². The standard InChI is InChI=1S/C25H22N4O.C24H20N4O.C23H24N4O.C23H18N4O/c1-18-16-27-25(28-22-10-6-3-7-11-22)29-23(18)20-12-14-21(15-13-20)24(30)26-17-19-8-4-2-5-9-19;29-23(26-17-18-7-3-1-4-8-18)20-13-11-19(12-14-20)22-15-16-25-24(28-22)27-21-9-5-2-6-10-21;2*28-22(25-19-7-3-1-4-8-19)18-13-11-17(12-14-18)21-15-16-24-23(27-21)26-20-9-5-2-6-10-20/h2-16H,17H2,1H3,(H,26,30)(H,27,28,29);1-16H,17H2,(H,26,29)(H,25,27,28);2,5-6,9-16,19H,1,3-4,7-8H2,(H,25,28)(H,24,26,27);1-16H,(H,25,28)(H,24,26,27). The van der Waals surface area contributed by atoms with Gasteiger partial charge in [-0.3, -0.25) is 19.2 Å². The summed E-state index contributed by atoms with van der Waals surface area (Å²) in [5, 5.41) is 24.7. The highest BCUT2D eigenvalue weighted by atomic mass is 16.2. The van der Waals surface area contributed by atoms with Crippen LogP contribution >= 0.6 is 0 Å². The van der Waals surface area contributed by atoms with Gasteiger partial charge in [0.2, 0.25) is 23.8 Å². The summed E-state index contributed by atoms with van der Waals surface area (Å²) in [6.45, 7) is 2.98.